The van der Waals surface area contributed by atoms with Crippen LogP contribution in [-0.4, -0.2) is 28.6 Å². The third-order valence-electron chi connectivity index (χ3n) is 4.39. The Labute approximate surface area is 120 Å². The summed E-state index contributed by atoms with van der Waals surface area (Å²) >= 11 is 0. The molecule has 0 radical (unpaired) electrons. The SMILES string of the molecule is Cc1nc2ccccn2c1CNC(C)C1CCOCC1. The van der Waals surface area contributed by atoms with Crippen LogP contribution in [0.2, 0.25) is 0 Å². The number of fused-ring (bicyclic) bond motifs is 1. The van der Waals surface area contributed by atoms with Gasteiger partial charge in [0.2, 0.25) is 0 Å². The lowest BCUT2D eigenvalue weighted by Crippen LogP contribution is -2.36. The maximum atomic E-state index is 5.44. The van der Waals surface area contributed by atoms with E-state index in [1.807, 2.05) is 6.07 Å². The highest BCUT2D eigenvalue weighted by molar-refractivity contribution is 5.42. The summed E-state index contributed by atoms with van der Waals surface area (Å²) in [5.74, 6) is 0.725. The third kappa shape index (κ3) is 2.72. The Bertz CT molecular complexity index is 572. The molecule has 1 aliphatic rings. The van der Waals surface area contributed by atoms with E-state index in [2.05, 4.69) is 46.9 Å². The molecule has 0 spiro atoms. The predicted octanol–water partition coefficient (Wildman–Crippen LogP) is 2.55. The number of aryl methyl sites for hydroxylation is 1. The Hall–Kier alpha value is -1.39. The molecule has 108 valence electrons. The van der Waals surface area contributed by atoms with Crippen LogP contribution in [0.4, 0.5) is 0 Å². The molecule has 0 saturated carbocycles. The summed E-state index contributed by atoms with van der Waals surface area (Å²) in [4.78, 5) is 4.61. The van der Waals surface area contributed by atoms with Gasteiger partial charge < -0.3 is 14.5 Å². The molecule has 1 N–H and O–H groups in total. The topological polar surface area (TPSA) is 38.6 Å². The number of pyridine rings is 1. The Kier molecular flexibility index (Phi) is 4.03. The molecule has 1 fully saturated rings. The molecule has 4 heteroatoms. The minimum Gasteiger partial charge on any atom is -0.381 e. The van der Waals surface area contributed by atoms with E-state index in [0.717, 1.165) is 37.0 Å². The van der Waals surface area contributed by atoms with Crippen molar-refractivity contribution in [3.8, 4) is 0 Å². The summed E-state index contributed by atoms with van der Waals surface area (Å²) in [7, 11) is 0. The predicted molar refractivity (Wildman–Crippen MR) is 79.8 cm³/mol. The minimum absolute atomic E-state index is 0.521. The molecule has 0 amide bonds. The fraction of sp³-hybridized carbons (Fsp3) is 0.562. The van der Waals surface area contributed by atoms with Crippen molar-refractivity contribution in [1.29, 1.82) is 0 Å². The summed E-state index contributed by atoms with van der Waals surface area (Å²) in [6.07, 6.45) is 4.42. The zero-order chi connectivity index (χ0) is 13.9. The number of nitrogens with one attached hydrogen (secondary N) is 1. The van der Waals surface area contributed by atoms with Crippen LogP contribution in [0.1, 0.15) is 31.2 Å². The Morgan fingerprint density at radius 2 is 2.20 bits per heavy atom. The molecule has 3 heterocycles. The monoisotopic (exact) mass is 273 g/mol. The first-order chi connectivity index (χ1) is 9.75. The van der Waals surface area contributed by atoms with Gasteiger partial charge in [0.05, 0.1) is 11.4 Å². The van der Waals surface area contributed by atoms with Crippen molar-refractivity contribution in [2.45, 2.75) is 39.3 Å². The average Bonchev–Trinajstić information content (AvgIpc) is 2.81. The number of hydrogen-bond donors (Lipinski definition) is 1. The molecule has 1 saturated heterocycles. The zero-order valence-corrected chi connectivity index (χ0v) is 12.3. The number of ether oxygens (including phenoxy) is 1. The van der Waals surface area contributed by atoms with Gasteiger partial charge in [-0.25, -0.2) is 4.98 Å². The van der Waals surface area contributed by atoms with Crippen LogP contribution in [0.25, 0.3) is 5.65 Å². The maximum absolute atomic E-state index is 5.44. The van der Waals surface area contributed by atoms with Crippen LogP contribution >= 0.6 is 0 Å². The molecule has 1 aliphatic heterocycles. The van der Waals surface area contributed by atoms with Gasteiger partial charge in [0.1, 0.15) is 5.65 Å². The van der Waals surface area contributed by atoms with Crippen molar-refractivity contribution >= 4 is 5.65 Å². The molecule has 2 aromatic heterocycles. The van der Waals surface area contributed by atoms with Gasteiger partial charge in [-0.2, -0.15) is 0 Å². The van der Waals surface area contributed by atoms with Crippen LogP contribution in [0.5, 0.6) is 0 Å². The van der Waals surface area contributed by atoms with E-state index < -0.39 is 0 Å². The van der Waals surface area contributed by atoms with Gasteiger partial charge in [-0.1, -0.05) is 6.07 Å². The fourth-order valence-corrected chi connectivity index (χ4v) is 3.02. The highest BCUT2D eigenvalue weighted by Gasteiger charge is 2.20. The second kappa shape index (κ2) is 5.94. The van der Waals surface area contributed by atoms with E-state index in [0.29, 0.717) is 6.04 Å². The third-order valence-corrected chi connectivity index (χ3v) is 4.39. The van der Waals surface area contributed by atoms with E-state index in [4.69, 9.17) is 4.74 Å². The van der Waals surface area contributed by atoms with E-state index >= 15 is 0 Å². The van der Waals surface area contributed by atoms with Crippen molar-refractivity contribution in [2.75, 3.05) is 13.2 Å². The summed E-state index contributed by atoms with van der Waals surface area (Å²) in [5.41, 5.74) is 3.41. The van der Waals surface area contributed by atoms with E-state index in [-0.39, 0.29) is 0 Å². The van der Waals surface area contributed by atoms with E-state index in [1.54, 1.807) is 0 Å². The standard InChI is InChI=1S/C16H23N3O/c1-12(14-6-9-20-10-7-14)17-11-15-13(2)18-16-5-3-4-8-19(15)16/h3-5,8,12,14,17H,6-7,9-11H2,1-2H3. The van der Waals surface area contributed by atoms with Crippen molar-refractivity contribution in [1.82, 2.24) is 14.7 Å². The van der Waals surface area contributed by atoms with Crippen LogP contribution in [0.3, 0.4) is 0 Å². The molecule has 3 rings (SSSR count). The molecule has 1 unspecified atom stereocenters. The second-order valence-electron chi connectivity index (χ2n) is 5.69. The van der Waals surface area contributed by atoms with Crippen LogP contribution in [-0.2, 0) is 11.3 Å². The number of nitrogens with zero attached hydrogens (tertiary/aromatic N) is 2. The Morgan fingerprint density at radius 1 is 1.40 bits per heavy atom. The Morgan fingerprint density at radius 3 is 3.00 bits per heavy atom. The fourth-order valence-electron chi connectivity index (χ4n) is 3.02. The second-order valence-corrected chi connectivity index (χ2v) is 5.69. The average molecular weight is 273 g/mol. The Balaban J connectivity index is 1.68. The molecule has 0 aliphatic carbocycles. The highest BCUT2D eigenvalue weighted by Crippen LogP contribution is 2.19. The first-order valence-corrected chi connectivity index (χ1v) is 7.49. The van der Waals surface area contributed by atoms with E-state index in [1.165, 1.54) is 18.5 Å². The quantitative estimate of drug-likeness (QED) is 0.930. The van der Waals surface area contributed by atoms with Crippen LogP contribution < -0.4 is 5.32 Å². The number of aromatic nitrogens is 2. The summed E-state index contributed by atoms with van der Waals surface area (Å²) < 4.78 is 7.61. The summed E-state index contributed by atoms with van der Waals surface area (Å²) in [5, 5.41) is 3.67. The van der Waals surface area contributed by atoms with E-state index in [9.17, 15) is 0 Å². The van der Waals surface area contributed by atoms with Crippen molar-refractivity contribution in [2.24, 2.45) is 5.92 Å². The first-order valence-electron chi connectivity index (χ1n) is 7.49. The first kappa shape index (κ1) is 13.6. The lowest BCUT2D eigenvalue weighted by atomic mass is 9.93. The summed E-state index contributed by atoms with van der Waals surface area (Å²) in [6.45, 7) is 7.06. The lowest BCUT2D eigenvalue weighted by molar-refractivity contribution is 0.0557. The molecule has 20 heavy (non-hydrogen) atoms. The van der Waals surface area contributed by atoms with Gasteiger partial charge in [-0.05, 0) is 44.7 Å². The normalized spacial score (nSPS) is 18.5. The lowest BCUT2D eigenvalue weighted by Gasteiger charge is -2.28. The van der Waals surface area contributed by atoms with Gasteiger partial charge in [-0.15, -0.1) is 0 Å². The van der Waals surface area contributed by atoms with Gasteiger partial charge in [0.15, 0.2) is 0 Å². The highest BCUT2D eigenvalue weighted by atomic mass is 16.5. The van der Waals surface area contributed by atoms with Gasteiger partial charge in [0.25, 0.3) is 0 Å². The van der Waals surface area contributed by atoms with Crippen molar-refractivity contribution < 1.29 is 4.74 Å². The molecule has 1 atom stereocenters. The molecule has 2 aromatic rings. The summed E-state index contributed by atoms with van der Waals surface area (Å²) in [6, 6.07) is 6.66. The zero-order valence-electron chi connectivity index (χ0n) is 12.3. The molecular weight excluding hydrogens is 250 g/mol. The van der Waals surface area contributed by atoms with Gasteiger partial charge in [0, 0.05) is 32.0 Å². The maximum Gasteiger partial charge on any atom is 0.137 e. The largest absolute Gasteiger partial charge is 0.381 e. The molecular formula is C16H23N3O. The smallest absolute Gasteiger partial charge is 0.137 e. The minimum atomic E-state index is 0.521. The number of hydrogen-bond acceptors (Lipinski definition) is 3. The molecule has 0 aromatic carbocycles. The number of rotatable bonds is 4. The van der Waals surface area contributed by atoms with Gasteiger partial charge in [-0.3, -0.25) is 0 Å². The molecule has 0 bridgehead atoms. The van der Waals surface area contributed by atoms with Crippen molar-refractivity contribution in [3.05, 3.63) is 35.8 Å². The molecule has 4 nitrogen and oxygen atoms in total. The van der Waals surface area contributed by atoms with Crippen LogP contribution in [0.15, 0.2) is 24.4 Å². The van der Waals surface area contributed by atoms with Crippen LogP contribution in [0, 0.1) is 12.8 Å². The van der Waals surface area contributed by atoms with Crippen molar-refractivity contribution in [3.63, 3.8) is 0 Å². The number of imidazole rings is 1. The van der Waals surface area contributed by atoms with Gasteiger partial charge >= 0.3 is 0 Å².